The van der Waals surface area contributed by atoms with E-state index in [1.165, 1.54) is 11.3 Å². The van der Waals surface area contributed by atoms with E-state index in [2.05, 4.69) is 10.5 Å². The smallest absolute Gasteiger partial charge is 0.182 e. The minimum Gasteiger partial charge on any atom is -0.375 e. The first kappa shape index (κ1) is 8.29. The monoisotopic (exact) mass is 173 g/mol. The predicted octanol–water partition coefficient (Wildman–Crippen LogP) is 1.48. The number of nitrogens with one attached hydrogen (secondary N) is 1. The van der Waals surface area contributed by atoms with E-state index in [9.17, 15) is 0 Å². The van der Waals surface area contributed by atoms with E-state index >= 15 is 0 Å². The fraction of sp³-hybridized carbons (Fsp3) is 0.500. The lowest BCUT2D eigenvalue weighted by Gasteiger charge is -2.05. The fourth-order valence-electron chi connectivity index (χ4n) is 0.513. The van der Waals surface area contributed by atoms with E-state index < -0.39 is 0 Å². The summed E-state index contributed by atoms with van der Waals surface area (Å²) in [6.07, 6.45) is 0.137. The Balaban J connectivity index is 2.39. The van der Waals surface area contributed by atoms with Crippen LogP contribution >= 0.6 is 11.3 Å². The van der Waals surface area contributed by atoms with Crippen molar-refractivity contribution in [2.45, 2.75) is 20.0 Å². The van der Waals surface area contributed by atoms with E-state index in [0.717, 1.165) is 0 Å². The second-order valence-electron chi connectivity index (χ2n) is 2.34. The Bertz CT molecular complexity index is 223. The SMILES string of the molecule is CC(C)ONc1csc(N)n1. The molecular weight excluding hydrogens is 162 g/mol. The van der Waals surface area contributed by atoms with Crippen LogP contribution in [0.15, 0.2) is 5.38 Å². The molecule has 0 aliphatic carbocycles. The molecule has 0 fully saturated rings. The zero-order chi connectivity index (χ0) is 8.27. The van der Waals surface area contributed by atoms with Crippen molar-refractivity contribution >= 4 is 22.3 Å². The van der Waals surface area contributed by atoms with Crippen molar-refractivity contribution < 1.29 is 4.84 Å². The maximum Gasteiger partial charge on any atom is 0.182 e. The Kier molecular flexibility index (Phi) is 2.67. The van der Waals surface area contributed by atoms with Crippen molar-refractivity contribution in [1.29, 1.82) is 0 Å². The number of hydrogen-bond acceptors (Lipinski definition) is 5. The zero-order valence-electron chi connectivity index (χ0n) is 6.50. The molecule has 11 heavy (non-hydrogen) atoms. The van der Waals surface area contributed by atoms with Gasteiger partial charge in [-0.2, -0.15) is 0 Å². The molecule has 0 aliphatic heterocycles. The van der Waals surface area contributed by atoms with Gasteiger partial charge in [-0.1, -0.05) is 0 Å². The number of anilines is 2. The first-order chi connectivity index (χ1) is 5.18. The van der Waals surface area contributed by atoms with Gasteiger partial charge in [-0.3, -0.25) is 4.84 Å². The number of thiazole rings is 1. The first-order valence-corrected chi connectivity index (χ1v) is 4.19. The lowest BCUT2D eigenvalue weighted by Crippen LogP contribution is -2.09. The van der Waals surface area contributed by atoms with Gasteiger partial charge in [-0.15, -0.1) is 11.3 Å². The van der Waals surface area contributed by atoms with Gasteiger partial charge in [0.05, 0.1) is 6.10 Å². The molecule has 1 aromatic heterocycles. The first-order valence-electron chi connectivity index (χ1n) is 3.31. The normalized spacial score (nSPS) is 10.5. The summed E-state index contributed by atoms with van der Waals surface area (Å²) in [5.41, 5.74) is 8.08. The molecule has 4 nitrogen and oxygen atoms in total. The molecule has 0 saturated carbocycles. The van der Waals surface area contributed by atoms with Gasteiger partial charge in [-0.25, -0.2) is 10.5 Å². The highest BCUT2D eigenvalue weighted by Crippen LogP contribution is 2.15. The molecule has 0 bridgehead atoms. The molecule has 0 saturated heterocycles. The summed E-state index contributed by atoms with van der Waals surface area (Å²) in [7, 11) is 0. The van der Waals surface area contributed by atoms with Crippen molar-refractivity contribution in [3.63, 3.8) is 0 Å². The average molecular weight is 173 g/mol. The van der Waals surface area contributed by atoms with Crippen molar-refractivity contribution in [3.8, 4) is 0 Å². The van der Waals surface area contributed by atoms with E-state index in [1.54, 1.807) is 5.38 Å². The van der Waals surface area contributed by atoms with E-state index in [0.29, 0.717) is 10.9 Å². The highest BCUT2D eigenvalue weighted by Gasteiger charge is 1.98. The molecule has 0 amide bonds. The van der Waals surface area contributed by atoms with E-state index in [4.69, 9.17) is 10.6 Å². The van der Waals surface area contributed by atoms with Crippen molar-refractivity contribution in [1.82, 2.24) is 4.98 Å². The second kappa shape index (κ2) is 3.54. The minimum absolute atomic E-state index is 0.137. The number of rotatable bonds is 3. The van der Waals surface area contributed by atoms with Crippen LogP contribution in [0.5, 0.6) is 0 Å². The maximum atomic E-state index is 5.40. The van der Waals surface area contributed by atoms with Crippen LogP contribution in [-0.4, -0.2) is 11.1 Å². The van der Waals surface area contributed by atoms with Gasteiger partial charge >= 0.3 is 0 Å². The Morgan fingerprint density at radius 1 is 1.73 bits per heavy atom. The summed E-state index contributed by atoms with van der Waals surface area (Å²) in [6.45, 7) is 3.87. The number of nitrogen functional groups attached to an aromatic ring is 1. The van der Waals surface area contributed by atoms with Crippen LogP contribution < -0.4 is 11.2 Å². The van der Waals surface area contributed by atoms with E-state index in [-0.39, 0.29) is 6.10 Å². The predicted molar refractivity (Wildman–Crippen MR) is 46.4 cm³/mol. The summed E-state index contributed by atoms with van der Waals surface area (Å²) in [6, 6.07) is 0. The van der Waals surface area contributed by atoms with Crippen molar-refractivity contribution in [3.05, 3.63) is 5.38 Å². The Morgan fingerprint density at radius 2 is 2.45 bits per heavy atom. The van der Waals surface area contributed by atoms with Gasteiger partial charge in [-0.05, 0) is 13.8 Å². The third kappa shape index (κ3) is 2.73. The Labute approximate surface area is 69.3 Å². The molecule has 1 aromatic rings. The average Bonchev–Trinajstić information content (AvgIpc) is 2.31. The van der Waals surface area contributed by atoms with Crippen LogP contribution in [-0.2, 0) is 4.84 Å². The number of nitrogens with zero attached hydrogens (tertiary/aromatic N) is 1. The molecule has 1 heterocycles. The zero-order valence-corrected chi connectivity index (χ0v) is 7.31. The third-order valence-electron chi connectivity index (χ3n) is 0.921. The lowest BCUT2D eigenvalue weighted by molar-refractivity contribution is 0.129. The quantitative estimate of drug-likeness (QED) is 0.680. The molecule has 0 spiro atoms. The van der Waals surface area contributed by atoms with Crippen LogP contribution in [0.3, 0.4) is 0 Å². The summed E-state index contributed by atoms with van der Waals surface area (Å²) in [5, 5.41) is 2.34. The molecule has 0 unspecified atom stereocenters. The standard InChI is InChI=1S/C6H11N3OS/c1-4(2)10-9-5-3-11-6(7)8-5/h3-4,9H,1-2H3,(H2,7,8). The van der Waals surface area contributed by atoms with Gasteiger partial charge in [0.2, 0.25) is 0 Å². The molecule has 0 radical (unpaired) electrons. The van der Waals surface area contributed by atoms with Crippen molar-refractivity contribution in [2.24, 2.45) is 0 Å². The van der Waals surface area contributed by atoms with Gasteiger partial charge in [0.1, 0.15) is 0 Å². The number of nitrogens with two attached hydrogens (primary N) is 1. The Hall–Kier alpha value is -0.810. The highest BCUT2D eigenvalue weighted by molar-refractivity contribution is 7.13. The molecular formula is C6H11N3OS. The van der Waals surface area contributed by atoms with Gasteiger partial charge in [0.15, 0.2) is 10.9 Å². The van der Waals surface area contributed by atoms with Crippen LogP contribution in [0.4, 0.5) is 10.9 Å². The van der Waals surface area contributed by atoms with Crippen LogP contribution in [0.2, 0.25) is 0 Å². The lowest BCUT2D eigenvalue weighted by atomic mass is 10.5. The topological polar surface area (TPSA) is 60.2 Å². The minimum atomic E-state index is 0.137. The Morgan fingerprint density at radius 3 is 2.91 bits per heavy atom. The third-order valence-corrected chi connectivity index (χ3v) is 1.60. The van der Waals surface area contributed by atoms with Crippen LogP contribution in [0.1, 0.15) is 13.8 Å². The van der Waals surface area contributed by atoms with Crippen LogP contribution in [0.25, 0.3) is 0 Å². The maximum absolute atomic E-state index is 5.40. The van der Waals surface area contributed by atoms with Crippen molar-refractivity contribution in [2.75, 3.05) is 11.2 Å². The second-order valence-corrected chi connectivity index (χ2v) is 3.23. The highest BCUT2D eigenvalue weighted by atomic mass is 32.1. The molecule has 62 valence electrons. The van der Waals surface area contributed by atoms with E-state index in [1.807, 2.05) is 13.8 Å². The van der Waals surface area contributed by atoms with Gasteiger partial charge < -0.3 is 5.73 Å². The fourth-order valence-corrected chi connectivity index (χ4v) is 0.997. The van der Waals surface area contributed by atoms with Gasteiger partial charge in [0, 0.05) is 5.38 Å². The summed E-state index contributed by atoms with van der Waals surface area (Å²) in [4.78, 5) is 9.02. The molecule has 1 rings (SSSR count). The number of aromatic nitrogens is 1. The molecule has 3 N–H and O–H groups in total. The molecule has 5 heteroatoms. The molecule has 0 aliphatic rings. The molecule has 0 atom stereocenters. The molecule has 0 aromatic carbocycles. The van der Waals surface area contributed by atoms with Gasteiger partial charge in [0.25, 0.3) is 0 Å². The summed E-state index contributed by atoms with van der Waals surface area (Å²) < 4.78 is 0. The largest absolute Gasteiger partial charge is 0.375 e. The summed E-state index contributed by atoms with van der Waals surface area (Å²) >= 11 is 1.38. The van der Waals surface area contributed by atoms with Crippen LogP contribution in [0, 0.1) is 0 Å². The number of hydrogen-bond donors (Lipinski definition) is 2. The summed E-state index contributed by atoms with van der Waals surface area (Å²) in [5.74, 6) is 0.668.